The van der Waals surface area contributed by atoms with Crippen LogP contribution in [0.25, 0.3) is 66.2 Å². The molecule has 0 spiro atoms. The summed E-state index contributed by atoms with van der Waals surface area (Å²) >= 11 is 0. The van der Waals surface area contributed by atoms with Crippen molar-refractivity contribution >= 4 is 32.7 Å². The van der Waals surface area contributed by atoms with E-state index in [-0.39, 0.29) is 17.2 Å². The molecule has 0 saturated heterocycles. The lowest BCUT2D eigenvalue weighted by molar-refractivity contribution is -0.143. The predicted molar refractivity (Wildman–Crippen MR) is 155 cm³/mol. The second-order valence-electron chi connectivity index (χ2n) is 10.3. The molecule has 2 aromatic heterocycles. The van der Waals surface area contributed by atoms with Gasteiger partial charge in [0.25, 0.3) is 0 Å². The molecule has 8 heteroatoms. The quantitative estimate of drug-likeness (QED) is 0.193. The smallest absolute Gasteiger partial charge is 0.416 e. The molecule has 0 bridgehead atoms. The summed E-state index contributed by atoms with van der Waals surface area (Å²) in [5.74, 6) is 0. The summed E-state index contributed by atoms with van der Waals surface area (Å²) in [5.41, 5.74) is 2.49. The number of para-hydroxylation sites is 1. The third kappa shape index (κ3) is 4.99. The first kappa shape index (κ1) is 26.8. The molecule has 0 aliphatic heterocycles. The number of fused-ring (bicyclic) bond motifs is 4. The molecule has 7 rings (SSSR count). The van der Waals surface area contributed by atoms with Crippen LogP contribution in [0.4, 0.5) is 26.3 Å². The molecule has 43 heavy (non-hydrogen) atoms. The molecule has 0 amide bonds. The molecule has 0 aliphatic rings. The maximum atomic E-state index is 13.4. The van der Waals surface area contributed by atoms with E-state index in [1.807, 2.05) is 60.7 Å². The van der Waals surface area contributed by atoms with Crippen molar-refractivity contribution in [3.63, 3.8) is 0 Å². The summed E-state index contributed by atoms with van der Waals surface area (Å²) in [4.78, 5) is 4.67. The summed E-state index contributed by atoms with van der Waals surface area (Å²) < 4.78 is 86.1. The van der Waals surface area contributed by atoms with E-state index in [1.54, 1.807) is 24.4 Å². The standard InChI is InChI=1S/C35H19F6NO/c36-34(37,38)27-15-26(16-28(18-27)35(39,40)41)23-8-6-20-13-22(7-5-21(20)14-23)25-9-11-31(42-19-25)24-10-12-33-30(17-24)29-3-1-2-4-32(29)43-33/h1-19H. The van der Waals surface area contributed by atoms with Crippen molar-refractivity contribution in [3.8, 4) is 33.5 Å². The number of pyridine rings is 1. The maximum absolute atomic E-state index is 13.4. The summed E-state index contributed by atoms with van der Waals surface area (Å²) in [7, 11) is 0. The van der Waals surface area contributed by atoms with Gasteiger partial charge >= 0.3 is 12.4 Å². The van der Waals surface area contributed by atoms with Gasteiger partial charge in [0.1, 0.15) is 11.2 Å². The van der Waals surface area contributed by atoms with Crippen molar-refractivity contribution in [1.29, 1.82) is 0 Å². The predicted octanol–water partition coefficient (Wildman–Crippen LogP) is 11.2. The molecule has 2 heterocycles. The molecule has 0 radical (unpaired) electrons. The highest BCUT2D eigenvalue weighted by Gasteiger charge is 2.37. The van der Waals surface area contributed by atoms with E-state index in [1.165, 1.54) is 6.07 Å². The molecular formula is C35H19F6NO. The van der Waals surface area contributed by atoms with Crippen LogP contribution in [0.2, 0.25) is 0 Å². The topological polar surface area (TPSA) is 26.0 Å². The molecule has 5 aromatic carbocycles. The zero-order valence-corrected chi connectivity index (χ0v) is 22.1. The zero-order valence-electron chi connectivity index (χ0n) is 22.1. The second-order valence-corrected chi connectivity index (χ2v) is 10.3. The summed E-state index contributed by atoms with van der Waals surface area (Å²) in [6, 6.07) is 29.6. The van der Waals surface area contributed by atoms with Crippen molar-refractivity contribution < 1.29 is 30.8 Å². The minimum Gasteiger partial charge on any atom is -0.456 e. The van der Waals surface area contributed by atoms with Gasteiger partial charge in [-0.05, 0) is 88.1 Å². The Kier molecular flexibility index (Phi) is 6.06. The van der Waals surface area contributed by atoms with Crippen LogP contribution in [0.5, 0.6) is 0 Å². The number of furan rings is 1. The third-order valence-electron chi connectivity index (χ3n) is 7.53. The Labute approximate surface area is 240 Å². The van der Waals surface area contributed by atoms with Crippen molar-refractivity contribution in [1.82, 2.24) is 4.98 Å². The molecule has 0 unspecified atom stereocenters. The average molecular weight is 584 g/mol. The number of benzene rings is 5. The minimum atomic E-state index is -4.91. The molecular weight excluding hydrogens is 564 g/mol. The van der Waals surface area contributed by atoms with Gasteiger partial charge in [0, 0.05) is 28.1 Å². The molecule has 0 saturated carbocycles. The van der Waals surface area contributed by atoms with Gasteiger partial charge in [-0.25, -0.2) is 0 Å². The fourth-order valence-corrected chi connectivity index (χ4v) is 5.35. The Morgan fingerprint density at radius 1 is 0.465 bits per heavy atom. The van der Waals surface area contributed by atoms with Crippen LogP contribution in [-0.4, -0.2) is 4.98 Å². The number of hydrogen-bond donors (Lipinski definition) is 0. The van der Waals surface area contributed by atoms with E-state index < -0.39 is 23.5 Å². The Bertz CT molecular complexity index is 2130. The van der Waals surface area contributed by atoms with Crippen LogP contribution in [0.1, 0.15) is 11.1 Å². The summed E-state index contributed by atoms with van der Waals surface area (Å²) in [6.45, 7) is 0. The van der Waals surface area contributed by atoms with Crippen LogP contribution in [0.15, 0.2) is 120 Å². The van der Waals surface area contributed by atoms with Gasteiger partial charge in [-0.1, -0.05) is 48.5 Å². The highest BCUT2D eigenvalue weighted by Crippen LogP contribution is 2.39. The van der Waals surface area contributed by atoms with Crippen LogP contribution in [-0.2, 0) is 12.4 Å². The van der Waals surface area contributed by atoms with Gasteiger partial charge in [0.15, 0.2) is 0 Å². The number of halogens is 6. The third-order valence-corrected chi connectivity index (χ3v) is 7.53. The Morgan fingerprint density at radius 2 is 1.05 bits per heavy atom. The zero-order chi connectivity index (χ0) is 29.9. The molecule has 212 valence electrons. The van der Waals surface area contributed by atoms with Crippen molar-refractivity contribution in [2.24, 2.45) is 0 Å². The molecule has 0 atom stereocenters. The normalized spacial score (nSPS) is 12.4. The van der Waals surface area contributed by atoms with Gasteiger partial charge in [0.05, 0.1) is 16.8 Å². The summed E-state index contributed by atoms with van der Waals surface area (Å²) in [6.07, 6.45) is -8.05. The molecule has 0 fully saturated rings. The fraction of sp³-hybridized carbons (Fsp3) is 0.0571. The number of nitrogens with zero attached hydrogens (tertiary/aromatic N) is 1. The van der Waals surface area contributed by atoms with E-state index in [0.29, 0.717) is 5.39 Å². The molecule has 7 aromatic rings. The van der Waals surface area contributed by atoms with Crippen molar-refractivity contribution in [3.05, 3.63) is 127 Å². The SMILES string of the molecule is FC(F)(F)c1cc(-c2ccc3cc(-c4ccc(-c5ccc6oc7ccccc7c6c5)nc4)ccc3c2)cc(C(F)(F)F)c1. The van der Waals surface area contributed by atoms with Crippen LogP contribution in [0.3, 0.4) is 0 Å². The van der Waals surface area contributed by atoms with E-state index in [2.05, 4.69) is 11.1 Å². The largest absolute Gasteiger partial charge is 0.456 e. The lowest BCUT2D eigenvalue weighted by atomic mass is 9.95. The van der Waals surface area contributed by atoms with Crippen molar-refractivity contribution in [2.45, 2.75) is 12.4 Å². The number of alkyl halides is 6. The Balaban J connectivity index is 1.20. The first-order valence-corrected chi connectivity index (χ1v) is 13.2. The first-order chi connectivity index (χ1) is 20.5. The van der Waals surface area contributed by atoms with E-state index in [0.717, 1.165) is 61.8 Å². The Hall–Kier alpha value is -5.11. The molecule has 0 N–H and O–H groups in total. The van der Waals surface area contributed by atoms with Gasteiger partial charge in [-0.3, -0.25) is 4.98 Å². The summed E-state index contributed by atoms with van der Waals surface area (Å²) in [5, 5.41) is 3.50. The van der Waals surface area contributed by atoms with E-state index >= 15 is 0 Å². The fourth-order valence-electron chi connectivity index (χ4n) is 5.35. The van der Waals surface area contributed by atoms with Crippen molar-refractivity contribution in [2.75, 3.05) is 0 Å². The van der Waals surface area contributed by atoms with Gasteiger partial charge in [0.2, 0.25) is 0 Å². The van der Waals surface area contributed by atoms with Crippen LogP contribution < -0.4 is 0 Å². The number of rotatable bonds is 3. The number of aromatic nitrogens is 1. The highest BCUT2D eigenvalue weighted by atomic mass is 19.4. The monoisotopic (exact) mass is 583 g/mol. The lowest BCUT2D eigenvalue weighted by Crippen LogP contribution is -2.11. The van der Waals surface area contributed by atoms with Gasteiger partial charge in [-0.2, -0.15) is 26.3 Å². The van der Waals surface area contributed by atoms with Crippen LogP contribution in [0, 0.1) is 0 Å². The maximum Gasteiger partial charge on any atom is 0.416 e. The Morgan fingerprint density at radius 3 is 1.67 bits per heavy atom. The van der Waals surface area contributed by atoms with E-state index in [9.17, 15) is 26.3 Å². The van der Waals surface area contributed by atoms with Crippen LogP contribution >= 0.6 is 0 Å². The first-order valence-electron chi connectivity index (χ1n) is 13.2. The second kappa shape index (κ2) is 9.73. The number of hydrogen-bond acceptors (Lipinski definition) is 2. The molecule has 0 aliphatic carbocycles. The lowest BCUT2D eigenvalue weighted by Gasteiger charge is -2.15. The van der Waals surface area contributed by atoms with E-state index in [4.69, 9.17) is 4.42 Å². The van der Waals surface area contributed by atoms with Gasteiger partial charge < -0.3 is 4.42 Å². The van der Waals surface area contributed by atoms with Gasteiger partial charge in [-0.15, -0.1) is 0 Å². The average Bonchev–Trinajstić information content (AvgIpc) is 3.37. The molecule has 2 nitrogen and oxygen atoms in total. The highest BCUT2D eigenvalue weighted by molar-refractivity contribution is 6.06. The minimum absolute atomic E-state index is 0.133.